The van der Waals surface area contributed by atoms with E-state index in [4.69, 9.17) is 0 Å². The van der Waals surface area contributed by atoms with Gasteiger partial charge >= 0.3 is 0 Å². The molecule has 96 valence electrons. The zero-order valence-corrected chi connectivity index (χ0v) is 11.8. The van der Waals surface area contributed by atoms with Gasteiger partial charge in [-0.05, 0) is 24.8 Å². The zero-order valence-electron chi connectivity index (χ0n) is 11.8. The fourth-order valence-corrected chi connectivity index (χ4v) is 2.15. The second-order valence-corrected chi connectivity index (χ2v) is 5.95. The van der Waals surface area contributed by atoms with Crippen LogP contribution in [0.25, 0.3) is 11.4 Å². The molecule has 2 rings (SSSR count). The minimum Gasteiger partial charge on any atom is -0.311 e. The Kier molecular flexibility index (Phi) is 3.24. The topological polar surface area (TPSA) is 30.7 Å². The molecule has 0 N–H and O–H groups in total. The SMILES string of the molecule is CC(C)n1cnnc1-c1ccccc1C(C)(C)C. The molecule has 0 bridgehead atoms. The predicted octanol–water partition coefficient (Wildman–Crippen LogP) is 3.82. The summed E-state index contributed by atoms with van der Waals surface area (Å²) in [7, 11) is 0. The summed E-state index contributed by atoms with van der Waals surface area (Å²) in [5, 5.41) is 8.35. The van der Waals surface area contributed by atoms with Gasteiger partial charge in [0.1, 0.15) is 6.33 Å². The van der Waals surface area contributed by atoms with Crippen LogP contribution in [0, 0.1) is 0 Å². The molecular weight excluding hydrogens is 222 g/mol. The molecule has 0 radical (unpaired) electrons. The minimum atomic E-state index is 0.102. The Labute approximate surface area is 109 Å². The molecule has 2 aromatic rings. The number of nitrogens with zero attached hydrogens (tertiary/aromatic N) is 3. The van der Waals surface area contributed by atoms with E-state index in [2.05, 4.69) is 73.6 Å². The van der Waals surface area contributed by atoms with Gasteiger partial charge in [0.15, 0.2) is 5.82 Å². The smallest absolute Gasteiger partial charge is 0.164 e. The van der Waals surface area contributed by atoms with Crippen molar-refractivity contribution in [1.82, 2.24) is 14.8 Å². The molecule has 0 atom stereocenters. The van der Waals surface area contributed by atoms with Crippen LogP contribution < -0.4 is 0 Å². The molecule has 0 fully saturated rings. The summed E-state index contributed by atoms with van der Waals surface area (Å²) in [5.74, 6) is 0.954. The second-order valence-electron chi connectivity index (χ2n) is 5.95. The molecule has 18 heavy (non-hydrogen) atoms. The second kappa shape index (κ2) is 4.56. The maximum Gasteiger partial charge on any atom is 0.164 e. The van der Waals surface area contributed by atoms with Crippen molar-refractivity contribution < 1.29 is 0 Å². The summed E-state index contributed by atoms with van der Waals surface area (Å²) in [6.45, 7) is 11.0. The van der Waals surface area contributed by atoms with Gasteiger partial charge in [0.2, 0.25) is 0 Å². The molecule has 1 aromatic carbocycles. The Morgan fingerprint density at radius 1 is 1.11 bits per heavy atom. The Morgan fingerprint density at radius 2 is 1.78 bits per heavy atom. The van der Waals surface area contributed by atoms with E-state index in [9.17, 15) is 0 Å². The molecule has 3 heteroatoms. The first-order valence-electron chi connectivity index (χ1n) is 6.40. The van der Waals surface area contributed by atoms with Crippen molar-refractivity contribution in [2.24, 2.45) is 0 Å². The third kappa shape index (κ3) is 2.30. The van der Waals surface area contributed by atoms with E-state index in [1.54, 1.807) is 6.33 Å². The lowest BCUT2D eigenvalue weighted by atomic mass is 9.83. The van der Waals surface area contributed by atoms with Gasteiger partial charge in [0.05, 0.1) is 0 Å². The maximum absolute atomic E-state index is 4.29. The van der Waals surface area contributed by atoms with Crippen molar-refractivity contribution in [3.63, 3.8) is 0 Å². The van der Waals surface area contributed by atoms with E-state index < -0.39 is 0 Å². The molecule has 0 unspecified atom stereocenters. The van der Waals surface area contributed by atoms with Gasteiger partial charge in [-0.15, -0.1) is 10.2 Å². The normalized spacial score (nSPS) is 12.1. The van der Waals surface area contributed by atoms with Gasteiger partial charge in [-0.1, -0.05) is 45.0 Å². The average Bonchev–Trinajstić information content (AvgIpc) is 2.76. The molecule has 3 nitrogen and oxygen atoms in total. The Hall–Kier alpha value is -1.64. The van der Waals surface area contributed by atoms with E-state index >= 15 is 0 Å². The lowest BCUT2D eigenvalue weighted by Crippen LogP contribution is -2.14. The fourth-order valence-electron chi connectivity index (χ4n) is 2.15. The standard InChI is InChI=1S/C15H21N3/c1-11(2)18-10-16-17-14(18)12-8-6-7-9-13(12)15(3,4)5/h6-11H,1-5H3. The van der Waals surface area contributed by atoms with Gasteiger partial charge < -0.3 is 4.57 Å². The summed E-state index contributed by atoms with van der Waals surface area (Å²) < 4.78 is 2.12. The van der Waals surface area contributed by atoms with Crippen LogP contribution in [0.15, 0.2) is 30.6 Å². The van der Waals surface area contributed by atoms with Crippen LogP contribution in [0.2, 0.25) is 0 Å². The van der Waals surface area contributed by atoms with Crippen molar-refractivity contribution in [1.29, 1.82) is 0 Å². The summed E-state index contributed by atoms with van der Waals surface area (Å²) in [5.41, 5.74) is 2.58. The van der Waals surface area contributed by atoms with Gasteiger partial charge in [-0.2, -0.15) is 0 Å². The highest BCUT2D eigenvalue weighted by atomic mass is 15.3. The van der Waals surface area contributed by atoms with E-state index in [0.717, 1.165) is 5.82 Å². The third-order valence-electron chi connectivity index (χ3n) is 3.11. The Morgan fingerprint density at radius 3 is 2.39 bits per heavy atom. The first-order chi connectivity index (χ1) is 8.41. The Bertz CT molecular complexity index is 533. The lowest BCUT2D eigenvalue weighted by Gasteiger charge is -2.23. The van der Waals surface area contributed by atoms with Gasteiger partial charge in [0.25, 0.3) is 0 Å². The van der Waals surface area contributed by atoms with Crippen LogP contribution in [0.5, 0.6) is 0 Å². The van der Waals surface area contributed by atoms with E-state index in [-0.39, 0.29) is 5.41 Å². The van der Waals surface area contributed by atoms with Crippen molar-refractivity contribution in [2.75, 3.05) is 0 Å². The minimum absolute atomic E-state index is 0.102. The predicted molar refractivity (Wildman–Crippen MR) is 74.5 cm³/mol. The molecular formula is C15H21N3. The number of hydrogen-bond donors (Lipinski definition) is 0. The molecule has 0 spiro atoms. The number of rotatable bonds is 2. The highest BCUT2D eigenvalue weighted by Gasteiger charge is 2.21. The first-order valence-corrected chi connectivity index (χ1v) is 6.40. The van der Waals surface area contributed by atoms with Crippen LogP contribution in [0.3, 0.4) is 0 Å². The zero-order chi connectivity index (χ0) is 13.3. The Balaban J connectivity index is 2.61. The molecule has 0 saturated heterocycles. The van der Waals surface area contributed by atoms with E-state index in [1.807, 2.05) is 0 Å². The lowest BCUT2D eigenvalue weighted by molar-refractivity contribution is 0.583. The monoisotopic (exact) mass is 243 g/mol. The van der Waals surface area contributed by atoms with Crippen molar-refractivity contribution >= 4 is 0 Å². The van der Waals surface area contributed by atoms with Gasteiger partial charge in [-0.3, -0.25) is 0 Å². The highest BCUT2D eigenvalue weighted by Crippen LogP contribution is 2.32. The quantitative estimate of drug-likeness (QED) is 0.802. The van der Waals surface area contributed by atoms with Crippen molar-refractivity contribution in [3.05, 3.63) is 36.2 Å². The fraction of sp³-hybridized carbons (Fsp3) is 0.467. The third-order valence-corrected chi connectivity index (χ3v) is 3.11. The molecule has 0 saturated carbocycles. The molecule has 1 heterocycles. The average molecular weight is 243 g/mol. The summed E-state index contributed by atoms with van der Waals surface area (Å²) in [4.78, 5) is 0. The van der Waals surface area contributed by atoms with Gasteiger partial charge in [0, 0.05) is 11.6 Å². The first kappa shape index (κ1) is 12.8. The van der Waals surface area contributed by atoms with Crippen LogP contribution >= 0.6 is 0 Å². The summed E-state index contributed by atoms with van der Waals surface area (Å²) in [6.07, 6.45) is 1.80. The van der Waals surface area contributed by atoms with Crippen LogP contribution in [0.1, 0.15) is 46.2 Å². The molecule has 0 aliphatic heterocycles. The van der Waals surface area contributed by atoms with Crippen LogP contribution in [-0.4, -0.2) is 14.8 Å². The maximum atomic E-state index is 4.29. The number of aromatic nitrogens is 3. The van der Waals surface area contributed by atoms with Gasteiger partial charge in [-0.25, -0.2) is 0 Å². The van der Waals surface area contributed by atoms with Crippen molar-refractivity contribution in [3.8, 4) is 11.4 Å². The molecule has 0 aliphatic carbocycles. The van der Waals surface area contributed by atoms with Crippen LogP contribution in [0.4, 0.5) is 0 Å². The highest BCUT2D eigenvalue weighted by molar-refractivity contribution is 5.62. The molecule has 1 aromatic heterocycles. The number of benzene rings is 1. The molecule has 0 aliphatic rings. The summed E-state index contributed by atoms with van der Waals surface area (Å²) >= 11 is 0. The largest absolute Gasteiger partial charge is 0.311 e. The summed E-state index contributed by atoms with van der Waals surface area (Å²) in [6, 6.07) is 8.81. The molecule has 0 amide bonds. The van der Waals surface area contributed by atoms with Crippen molar-refractivity contribution in [2.45, 2.75) is 46.1 Å². The van der Waals surface area contributed by atoms with E-state index in [1.165, 1.54) is 11.1 Å². The van der Waals surface area contributed by atoms with Crippen LogP contribution in [-0.2, 0) is 5.41 Å². The number of hydrogen-bond acceptors (Lipinski definition) is 2. The van der Waals surface area contributed by atoms with E-state index in [0.29, 0.717) is 6.04 Å².